The molecule has 1 aliphatic heterocycles. The molecule has 1 rings (SSSR count). The number of rotatable bonds is 3. The van der Waals surface area contributed by atoms with Crippen LogP contribution in [0.2, 0.25) is 0 Å². The zero-order valence-corrected chi connectivity index (χ0v) is 12.0. The van der Waals surface area contributed by atoms with Crippen LogP contribution in [0, 0.1) is 11.3 Å². The molecule has 0 aromatic rings. The van der Waals surface area contributed by atoms with E-state index in [-0.39, 0.29) is 5.41 Å². The number of amides is 1. The molecule has 1 amide bonds. The first-order valence-corrected chi connectivity index (χ1v) is 6.79. The molecule has 1 N–H and O–H groups in total. The third-order valence-electron chi connectivity index (χ3n) is 3.89. The molecule has 1 fully saturated rings. The smallest absolute Gasteiger partial charge is 0.222 e. The second-order valence-electron chi connectivity index (χ2n) is 6.48. The van der Waals surface area contributed by atoms with Gasteiger partial charge in [-0.15, -0.1) is 0 Å². The lowest BCUT2D eigenvalue weighted by Crippen LogP contribution is -2.48. The summed E-state index contributed by atoms with van der Waals surface area (Å²) in [4.78, 5) is 14.1. The van der Waals surface area contributed by atoms with Gasteiger partial charge in [0.1, 0.15) is 0 Å². The second kappa shape index (κ2) is 5.85. The van der Waals surface area contributed by atoms with Gasteiger partial charge in [0, 0.05) is 25.6 Å². The maximum Gasteiger partial charge on any atom is 0.222 e. The van der Waals surface area contributed by atoms with Crippen LogP contribution in [0.4, 0.5) is 0 Å². The van der Waals surface area contributed by atoms with Gasteiger partial charge in [0.05, 0.1) is 0 Å². The van der Waals surface area contributed by atoms with E-state index >= 15 is 0 Å². The van der Waals surface area contributed by atoms with E-state index in [1.807, 2.05) is 7.05 Å². The van der Waals surface area contributed by atoms with Crippen molar-refractivity contribution in [1.82, 2.24) is 10.2 Å². The fourth-order valence-electron chi connectivity index (χ4n) is 2.38. The lowest BCUT2D eigenvalue weighted by Gasteiger charge is -2.35. The number of hydrogen-bond acceptors (Lipinski definition) is 2. The van der Waals surface area contributed by atoms with E-state index in [0.29, 0.717) is 17.9 Å². The van der Waals surface area contributed by atoms with Gasteiger partial charge < -0.3 is 10.2 Å². The monoisotopic (exact) mass is 240 g/mol. The first-order valence-electron chi connectivity index (χ1n) is 6.79. The minimum absolute atomic E-state index is 0.187. The minimum atomic E-state index is 0.187. The van der Waals surface area contributed by atoms with E-state index in [1.54, 1.807) is 0 Å². The Morgan fingerprint density at radius 3 is 2.59 bits per heavy atom. The molecule has 0 saturated carbocycles. The van der Waals surface area contributed by atoms with Gasteiger partial charge >= 0.3 is 0 Å². The molecule has 1 saturated heterocycles. The van der Waals surface area contributed by atoms with E-state index < -0.39 is 0 Å². The van der Waals surface area contributed by atoms with Crippen molar-refractivity contribution in [1.29, 1.82) is 0 Å². The lowest BCUT2D eigenvalue weighted by molar-refractivity contribution is -0.131. The second-order valence-corrected chi connectivity index (χ2v) is 6.48. The molecule has 2 atom stereocenters. The Morgan fingerprint density at radius 1 is 1.41 bits per heavy atom. The summed E-state index contributed by atoms with van der Waals surface area (Å²) < 4.78 is 0. The normalized spacial score (nSPS) is 24.6. The van der Waals surface area contributed by atoms with Crippen molar-refractivity contribution in [2.24, 2.45) is 11.3 Å². The number of carbonyl (C=O) groups is 1. The quantitative estimate of drug-likeness (QED) is 0.821. The average molecular weight is 240 g/mol. The molecular formula is C14H28N2O. The first kappa shape index (κ1) is 14.5. The van der Waals surface area contributed by atoms with Crippen LogP contribution in [0.25, 0.3) is 0 Å². The lowest BCUT2D eigenvalue weighted by atomic mass is 9.86. The fourth-order valence-corrected chi connectivity index (χ4v) is 2.38. The Morgan fingerprint density at radius 2 is 2.06 bits per heavy atom. The topological polar surface area (TPSA) is 32.3 Å². The summed E-state index contributed by atoms with van der Waals surface area (Å²) in [5.41, 5.74) is 0.187. The third kappa shape index (κ3) is 4.30. The molecule has 17 heavy (non-hydrogen) atoms. The molecule has 0 aliphatic carbocycles. The van der Waals surface area contributed by atoms with Gasteiger partial charge in [0.2, 0.25) is 5.91 Å². The number of hydrogen-bond donors (Lipinski definition) is 1. The molecular weight excluding hydrogens is 212 g/mol. The van der Waals surface area contributed by atoms with Crippen molar-refractivity contribution >= 4 is 5.91 Å². The SMILES string of the molecule is CNC(CN1CCC(C)CCC1=O)C(C)(C)C. The summed E-state index contributed by atoms with van der Waals surface area (Å²) in [6, 6.07) is 0.361. The number of carbonyl (C=O) groups excluding carboxylic acids is 1. The standard InChI is InChI=1S/C14H28N2O/c1-11-6-7-13(17)16(9-8-11)10-12(15-5)14(2,3)4/h11-12,15H,6-10H2,1-5H3. The number of nitrogens with one attached hydrogen (secondary N) is 1. The predicted octanol–water partition coefficient (Wildman–Crippen LogP) is 2.27. The van der Waals surface area contributed by atoms with E-state index in [2.05, 4.69) is 37.9 Å². The highest BCUT2D eigenvalue weighted by Crippen LogP contribution is 2.23. The van der Waals surface area contributed by atoms with Gasteiger partial charge in [-0.25, -0.2) is 0 Å². The van der Waals surface area contributed by atoms with Crippen molar-refractivity contribution in [2.75, 3.05) is 20.1 Å². The highest BCUT2D eigenvalue weighted by molar-refractivity contribution is 5.76. The number of likely N-dealkylation sites (N-methyl/N-ethyl adjacent to an activating group) is 1. The van der Waals surface area contributed by atoms with Crippen LogP contribution in [0.3, 0.4) is 0 Å². The number of nitrogens with zero attached hydrogens (tertiary/aromatic N) is 1. The zero-order chi connectivity index (χ0) is 13.1. The highest BCUT2D eigenvalue weighted by atomic mass is 16.2. The van der Waals surface area contributed by atoms with Gasteiger partial charge in [-0.05, 0) is 31.2 Å². The summed E-state index contributed by atoms with van der Waals surface area (Å²) >= 11 is 0. The van der Waals surface area contributed by atoms with Crippen LogP contribution in [-0.4, -0.2) is 37.0 Å². The van der Waals surface area contributed by atoms with Gasteiger partial charge in [0.25, 0.3) is 0 Å². The molecule has 100 valence electrons. The summed E-state index contributed by atoms with van der Waals surface area (Å²) in [6.07, 6.45) is 2.92. The van der Waals surface area contributed by atoms with E-state index in [4.69, 9.17) is 0 Å². The minimum Gasteiger partial charge on any atom is -0.341 e. The van der Waals surface area contributed by atoms with Crippen molar-refractivity contribution in [2.45, 2.75) is 53.0 Å². The van der Waals surface area contributed by atoms with Gasteiger partial charge in [-0.2, -0.15) is 0 Å². The Labute approximate surface area is 106 Å². The molecule has 1 heterocycles. The van der Waals surface area contributed by atoms with Crippen LogP contribution in [0.5, 0.6) is 0 Å². The van der Waals surface area contributed by atoms with Gasteiger partial charge in [0.15, 0.2) is 0 Å². The summed E-state index contributed by atoms with van der Waals surface area (Å²) in [7, 11) is 1.99. The third-order valence-corrected chi connectivity index (χ3v) is 3.89. The molecule has 0 bridgehead atoms. The Bertz CT molecular complexity index is 257. The maximum absolute atomic E-state index is 12.0. The molecule has 3 heteroatoms. The van der Waals surface area contributed by atoms with Crippen LogP contribution < -0.4 is 5.32 Å². The fraction of sp³-hybridized carbons (Fsp3) is 0.929. The molecule has 0 aromatic heterocycles. The molecule has 1 aliphatic rings. The van der Waals surface area contributed by atoms with Crippen molar-refractivity contribution in [3.8, 4) is 0 Å². The van der Waals surface area contributed by atoms with Crippen LogP contribution >= 0.6 is 0 Å². The van der Waals surface area contributed by atoms with Crippen molar-refractivity contribution in [3.63, 3.8) is 0 Å². The van der Waals surface area contributed by atoms with E-state index in [0.717, 1.165) is 32.4 Å². The summed E-state index contributed by atoms with van der Waals surface area (Å²) in [5.74, 6) is 1.02. The zero-order valence-electron chi connectivity index (χ0n) is 12.0. The Hall–Kier alpha value is -0.570. The molecule has 0 radical (unpaired) electrons. The first-order chi connectivity index (χ1) is 7.84. The predicted molar refractivity (Wildman–Crippen MR) is 71.9 cm³/mol. The summed E-state index contributed by atoms with van der Waals surface area (Å²) in [5, 5.41) is 3.35. The molecule has 0 spiro atoms. The average Bonchev–Trinajstić information content (AvgIpc) is 2.38. The Kier molecular flexibility index (Phi) is 4.99. The largest absolute Gasteiger partial charge is 0.341 e. The molecule has 2 unspecified atom stereocenters. The van der Waals surface area contributed by atoms with Gasteiger partial charge in [-0.1, -0.05) is 27.7 Å². The van der Waals surface area contributed by atoms with Gasteiger partial charge in [-0.3, -0.25) is 4.79 Å². The van der Waals surface area contributed by atoms with Crippen LogP contribution in [0.1, 0.15) is 47.0 Å². The van der Waals surface area contributed by atoms with E-state index in [1.165, 1.54) is 0 Å². The van der Waals surface area contributed by atoms with Crippen LogP contribution in [-0.2, 0) is 4.79 Å². The summed E-state index contributed by atoms with van der Waals surface area (Å²) in [6.45, 7) is 10.7. The Balaban J connectivity index is 2.62. The van der Waals surface area contributed by atoms with Crippen molar-refractivity contribution < 1.29 is 4.79 Å². The van der Waals surface area contributed by atoms with Crippen LogP contribution in [0.15, 0.2) is 0 Å². The van der Waals surface area contributed by atoms with E-state index in [9.17, 15) is 4.79 Å². The molecule has 0 aromatic carbocycles. The van der Waals surface area contributed by atoms with Crippen molar-refractivity contribution in [3.05, 3.63) is 0 Å². The maximum atomic E-state index is 12.0. The highest BCUT2D eigenvalue weighted by Gasteiger charge is 2.28. The molecule has 3 nitrogen and oxygen atoms in total. The number of likely N-dealkylation sites (tertiary alicyclic amines) is 1.